The fraction of sp³-hybridized carbons (Fsp3) is 0.684. The van der Waals surface area contributed by atoms with E-state index in [2.05, 4.69) is 38.7 Å². The fourth-order valence-electron chi connectivity index (χ4n) is 3.86. The Kier molecular flexibility index (Phi) is 6.10. The van der Waals surface area contributed by atoms with Gasteiger partial charge in [-0.3, -0.25) is 14.6 Å². The minimum atomic E-state index is -0.634. The lowest BCUT2D eigenvalue weighted by atomic mass is 9.82. The summed E-state index contributed by atoms with van der Waals surface area (Å²) in [7, 11) is 0. The van der Waals surface area contributed by atoms with E-state index < -0.39 is 5.54 Å². The molecule has 5 nitrogen and oxygen atoms in total. The van der Waals surface area contributed by atoms with Gasteiger partial charge in [0.15, 0.2) is 0 Å². The van der Waals surface area contributed by atoms with Crippen molar-refractivity contribution in [3.63, 3.8) is 0 Å². The molecule has 1 aliphatic carbocycles. The van der Waals surface area contributed by atoms with Crippen LogP contribution >= 0.6 is 11.3 Å². The molecular weight excluding hydrogens is 332 g/mol. The predicted octanol–water partition coefficient (Wildman–Crippen LogP) is 2.60. The first kappa shape index (κ1) is 18.4. The second-order valence-corrected chi connectivity index (χ2v) is 8.34. The molecule has 1 saturated carbocycles. The van der Waals surface area contributed by atoms with Crippen LogP contribution in [-0.4, -0.2) is 53.5 Å². The van der Waals surface area contributed by atoms with Crippen molar-refractivity contribution < 1.29 is 4.79 Å². The summed E-state index contributed by atoms with van der Waals surface area (Å²) in [5.41, 5.74) is -0.634. The molecule has 1 aliphatic heterocycles. The first-order chi connectivity index (χ1) is 12.1. The maximum absolute atomic E-state index is 12.7. The first-order valence-corrected chi connectivity index (χ1v) is 10.2. The van der Waals surface area contributed by atoms with Gasteiger partial charge in [-0.2, -0.15) is 5.26 Å². The molecule has 2 heterocycles. The summed E-state index contributed by atoms with van der Waals surface area (Å²) in [6.07, 6.45) is 4.81. The molecule has 1 N–H and O–H groups in total. The zero-order valence-corrected chi connectivity index (χ0v) is 15.9. The highest BCUT2D eigenvalue weighted by Gasteiger charge is 2.36. The van der Waals surface area contributed by atoms with Crippen molar-refractivity contribution in [1.82, 2.24) is 15.1 Å². The van der Waals surface area contributed by atoms with E-state index >= 15 is 0 Å². The molecule has 0 spiro atoms. The molecule has 0 aromatic carbocycles. The molecule has 1 saturated heterocycles. The van der Waals surface area contributed by atoms with E-state index in [0.29, 0.717) is 0 Å². The van der Waals surface area contributed by atoms with Crippen LogP contribution in [0.3, 0.4) is 0 Å². The van der Waals surface area contributed by atoms with Crippen LogP contribution in [-0.2, 0) is 11.3 Å². The number of hydrogen-bond donors (Lipinski definition) is 1. The van der Waals surface area contributed by atoms with Gasteiger partial charge in [-0.15, -0.1) is 11.3 Å². The summed E-state index contributed by atoms with van der Waals surface area (Å²) >= 11 is 1.80. The number of carbonyl (C=O) groups excluding carboxylic acids is 1. The van der Waals surface area contributed by atoms with E-state index in [1.807, 2.05) is 6.92 Å². The van der Waals surface area contributed by atoms with Crippen LogP contribution in [0.2, 0.25) is 0 Å². The Labute approximate surface area is 154 Å². The van der Waals surface area contributed by atoms with E-state index in [1.54, 1.807) is 11.3 Å². The van der Waals surface area contributed by atoms with E-state index in [0.717, 1.165) is 58.4 Å². The van der Waals surface area contributed by atoms with E-state index in [9.17, 15) is 10.1 Å². The number of nitriles is 1. The third-order valence-electron chi connectivity index (χ3n) is 5.58. The zero-order chi connectivity index (χ0) is 17.7. The maximum atomic E-state index is 12.7. The molecule has 2 aliphatic rings. The lowest BCUT2D eigenvalue weighted by Crippen LogP contribution is -2.58. The standard InChI is InChI=1S/C19H28N4OS/c1-16(18(24)21-19(15-20)7-3-2-4-8-19)23-11-9-22(10-12-23)14-17-6-5-13-25-17/h5-6,13,16H,2-4,7-12,14H2,1H3,(H,21,24). The Morgan fingerprint density at radius 1 is 1.32 bits per heavy atom. The van der Waals surface area contributed by atoms with Gasteiger partial charge in [0.05, 0.1) is 12.1 Å². The third-order valence-corrected chi connectivity index (χ3v) is 6.44. The average molecular weight is 361 g/mol. The van der Waals surface area contributed by atoms with Crippen molar-refractivity contribution in [2.45, 2.75) is 57.2 Å². The van der Waals surface area contributed by atoms with Crippen molar-refractivity contribution in [2.75, 3.05) is 26.2 Å². The summed E-state index contributed by atoms with van der Waals surface area (Å²) in [6, 6.07) is 6.49. The Balaban J connectivity index is 1.49. The lowest BCUT2D eigenvalue weighted by molar-refractivity contribution is -0.128. The predicted molar refractivity (Wildman–Crippen MR) is 100 cm³/mol. The van der Waals surface area contributed by atoms with Crippen LogP contribution in [0.1, 0.15) is 43.9 Å². The summed E-state index contributed by atoms with van der Waals surface area (Å²) in [4.78, 5) is 18.8. The second kappa shape index (κ2) is 8.31. The molecule has 3 rings (SSSR count). The molecule has 1 atom stereocenters. The van der Waals surface area contributed by atoms with E-state index in [4.69, 9.17) is 0 Å². The molecule has 1 aromatic rings. The highest BCUT2D eigenvalue weighted by atomic mass is 32.1. The van der Waals surface area contributed by atoms with Crippen LogP contribution in [0.5, 0.6) is 0 Å². The topological polar surface area (TPSA) is 59.4 Å². The normalized spacial score (nSPS) is 22.9. The number of amides is 1. The summed E-state index contributed by atoms with van der Waals surface area (Å²) in [5, 5.41) is 14.7. The van der Waals surface area contributed by atoms with Gasteiger partial charge < -0.3 is 5.32 Å². The summed E-state index contributed by atoms with van der Waals surface area (Å²) in [6.45, 7) is 6.75. The number of carbonyl (C=O) groups is 1. The van der Waals surface area contributed by atoms with Gasteiger partial charge >= 0.3 is 0 Å². The van der Waals surface area contributed by atoms with Crippen molar-refractivity contribution in [3.05, 3.63) is 22.4 Å². The smallest absolute Gasteiger partial charge is 0.238 e. The Morgan fingerprint density at radius 2 is 2.04 bits per heavy atom. The molecule has 0 radical (unpaired) electrons. The van der Waals surface area contributed by atoms with Crippen molar-refractivity contribution >= 4 is 17.2 Å². The molecule has 25 heavy (non-hydrogen) atoms. The number of piperazine rings is 1. The van der Waals surface area contributed by atoms with Crippen molar-refractivity contribution in [2.24, 2.45) is 0 Å². The van der Waals surface area contributed by atoms with Crippen LogP contribution in [0.25, 0.3) is 0 Å². The molecule has 1 aromatic heterocycles. The van der Waals surface area contributed by atoms with Gasteiger partial charge in [-0.05, 0) is 31.2 Å². The minimum absolute atomic E-state index is 0.00940. The quantitative estimate of drug-likeness (QED) is 0.877. The van der Waals surface area contributed by atoms with Crippen LogP contribution < -0.4 is 5.32 Å². The number of nitrogens with zero attached hydrogens (tertiary/aromatic N) is 3. The number of thiophene rings is 1. The van der Waals surface area contributed by atoms with E-state index in [-0.39, 0.29) is 11.9 Å². The number of hydrogen-bond acceptors (Lipinski definition) is 5. The number of nitrogens with one attached hydrogen (secondary N) is 1. The number of rotatable bonds is 5. The molecule has 136 valence electrons. The van der Waals surface area contributed by atoms with Gasteiger partial charge in [-0.25, -0.2) is 0 Å². The Bertz CT molecular complexity index is 595. The van der Waals surface area contributed by atoms with E-state index in [1.165, 1.54) is 11.3 Å². The largest absolute Gasteiger partial charge is 0.336 e. The molecule has 0 bridgehead atoms. The average Bonchev–Trinajstić information content (AvgIpc) is 3.15. The molecule has 1 amide bonds. The van der Waals surface area contributed by atoms with Crippen molar-refractivity contribution in [3.8, 4) is 6.07 Å². The SMILES string of the molecule is CC(C(=O)NC1(C#N)CCCCC1)N1CCN(Cc2cccs2)CC1. The van der Waals surface area contributed by atoms with Gasteiger partial charge in [0.25, 0.3) is 0 Å². The minimum Gasteiger partial charge on any atom is -0.336 e. The summed E-state index contributed by atoms with van der Waals surface area (Å²) < 4.78 is 0. The Morgan fingerprint density at radius 3 is 2.64 bits per heavy atom. The van der Waals surface area contributed by atoms with Gasteiger partial charge in [0.2, 0.25) is 5.91 Å². The molecular formula is C19H28N4OS. The molecule has 1 unspecified atom stereocenters. The third kappa shape index (κ3) is 4.60. The van der Waals surface area contributed by atoms with Crippen LogP contribution in [0, 0.1) is 11.3 Å². The maximum Gasteiger partial charge on any atom is 0.238 e. The van der Waals surface area contributed by atoms with Crippen LogP contribution in [0.4, 0.5) is 0 Å². The van der Waals surface area contributed by atoms with Crippen LogP contribution in [0.15, 0.2) is 17.5 Å². The highest BCUT2D eigenvalue weighted by molar-refractivity contribution is 7.09. The fourth-order valence-corrected chi connectivity index (χ4v) is 4.60. The van der Waals surface area contributed by atoms with Crippen molar-refractivity contribution in [1.29, 1.82) is 5.26 Å². The zero-order valence-electron chi connectivity index (χ0n) is 15.0. The first-order valence-electron chi connectivity index (χ1n) is 9.34. The highest BCUT2D eigenvalue weighted by Crippen LogP contribution is 2.27. The lowest BCUT2D eigenvalue weighted by Gasteiger charge is -2.39. The Hall–Kier alpha value is -1.42. The monoisotopic (exact) mass is 360 g/mol. The second-order valence-electron chi connectivity index (χ2n) is 7.31. The van der Waals surface area contributed by atoms with Gasteiger partial charge in [0.1, 0.15) is 5.54 Å². The molecule has 2 fully saturated rings. The molecule has 6 heteroatoms. The van der Waals surface area contributed by atoms with Gasteiger partial charge in [0, 0.05) is 37.6 Å². The summed E-state index contributed by atoms with van der Waals surface area (Å²) in [5.74, 6) is 0.00940. The van der Waals surface area contributed by atoms with Gasteiger partial charge in [-0.1, -0.05) is 25.3 Å².